The van der Waals surface area contributed by atoms with Crippen LogP contribution in [0.25, 0.3) is 0 Å². The van der Waals surface area contributed by atoms with Crippen molar-refractivity contribution in [2.45, 2.75) is 32.1 Å². The number of carboxylic acid groups (broad SMARTS) is 1. The van der Waals surface area contributed by atoms with E-state index in [1.807, 2.05) is 19.1 Å². The maximum Gasteiger partial charge on any atom is 0.303 e. The summed E-state index contributed by atoms with van der Waals surface area (Å²) in [5.41, 5.74) is 1.28. The number of hydrogen-bond acceptors (Lipinski definition) is 2. The van der Waals surface area contributed by atoms with Crippen LogP contribution in [-0.2, 0) is 4.79 Å². The third kappa shape index (κ3) is 2.99. The summed E-state index contributed by atoms with van der Waals surface area (Å²) in [5.74, 6) is 1.09. The Bertz CT molecular complexity index is 394. The van der Waals surface area contributed by atoms with E-state index in [2.05, 4.69) is 12.1 Å². The molecule has 0 atom stereocenters. The first kappa shape index (κ1) is 12.0. The van der Waals surface area contributed by atoms with Gasteiger partial charge in [0.05, 0.1) is 6.61 Å². The highest BCUT2D eigenvalue weighted by Gasteiger charge is 2.31. The van der Waals surface area contributed by atoms with E-state index in [9.17, 15) is 4.79 Å². The smallest absolute Gasteiger partial charge is 0.303 e. The van der Waals surface area contributed by atoms with E-state index in [0.717, 1.165) is 18.6 Å². The van der Waals surface area contributed by atoms with E-state index in [1.165, 1.54) is 5.56 Å². The summed E-state index contributed by atoms with van der Waals surface area (Å²) < 4.78 is 5.46. The van der Waals surface area contributed by atoms with Crippen molar-refractivity contribution in [3.8, 4) is 5.75 Å². The van der Waals surface area contributed by atoms with Gasteiger partial charge in [0.2, 0.25) is 0 Å². The van der Waals surface area contributed by atoms with Crippen molar-refractivity contribution in [2.75, 3.05) is 6.61 Å². The number of aliphatic carboxylic acids is 1. The average Bonchev–Trinajstić information content (AvgIpc) is 2.23. The van der Waals surface area contributed by atoms with Crippen LogP contribution in [0.5, 0.6) is 5.75 Å². The Morgan fingerprint density at radius 2 is 2.24 bits per heavy atom. The van der Waals surface area contributed by atoms with Crippen LogP contribution in [0.4, 0.5) is 0 Å². The number of carboxylic acids is 1. The second kappa shape index (κ2) is 5.21. The minimum absolute atomic E-state index is 0.307. The molecule has 0 aromatic heterocycles. The van der Waals surface area contributed by atoms with Crippen molar-refractivity contribution in [3.63, 3.8) is 0 Å². The number of carbonyl (C=O) groups is 1. The molecule has 2 rings (SSSR count). The maximum absolute atomic E-state index is 10.6. The Hall–Kier alpha value is -1.51. The lowest BCUT2D eigenvalue weighted by molar-refractivity contribution is -0.138. The molecule has 0 unspecified atom stereocenters. The predicted octanol–water partition coefficient (Wildman–Crippen LogP) is 3.05. The second-order valence-electron chi connectivity index (χ2n) is 4.64. The third-order valence-corrected chi connectivity index (χ3v) is 3.34. The molecule has 1 aromatic carbocycles. The zero-order valence-electron chi connectivity index (χ0n) is 10.1. The van der Waals surface area contributed by atoms with Gasteiger partial charge in [0.1, 0.15) is 5.75 Å². The third-order valence-electron chi connectivity index (χ3n) is 3.34. The highest BCUT2D eigenvalue weighted by Crippen LogP contribution is 2.43. The standard InChI is InChI=1S/C14H18O3/c1-2-17-13-5-3-4-11(9-13)12-6-10(7-12)8-14(15)16/h3-5,9-10,12H,2,6-8H2,1H3,(H,15,16). The average molecular weight is 234 g/mol. The molecule has 3 heteroatoms. The second-order valence-corrected chi connectivity index (χ2v) is 4.64. The first-order chi connectivity index (χ1) is 8.19. The van der Waals surface area contributed by atoms with Crippen LogP contribution in [0.1, 0.15) is 37.7 Å². The van der Waals surface area contributed by atoms with Gasteiger partial charge < -0.3 is 9.84 Å². The van der Waals surface area contributed by atoms with Crippen molar-refractivity contribution in [1.29, 1.82) is 0 Å². The van der Waals surface area contributed by atoms with Gasteiger partial charge in [-0.25, -0.2) is 0 Å². The van der Waals surface area contributed by atoms with E-state index in [1.54, 1.807) is 0 Å². The van der Waals surface area contributed by atoms with Crippen LogP contribution < -0.4 is 4.74 Å². The van der Waals surface area contributed by atoms with Gasteiger partial charge in [-0.15, -0.1) is 0 Å². The van der Waals surface area contributed by atoms with Crippen molar-refractivity contribution < 1.29 is 14.6 Å². The molecular formula is C14H18O3. The summed E-state index contributed by atoms with van der Waals surface area (Å²) in [5, 5.41) is 8.70. The number of ether oxygens (including phenoxy) is 1. The number of hydrogen-bond donors (Lipinski definition) is 1. The van der Waals surface area contributed by atoms with Crippen LogP contribution in [0.3, 0.4) is 0 Å². The van der Waals surface area contributed by atoms with Crippen molar-refractivity contribution >= 4 is 5.97 Å². The molecule has 1 aliphatic rings. The summed E-state index contributed by atoms with van der Waals surface area (Å²) >= 11 is 0. The molecule has 1 N–H and O–H groups in total. The number of rotatable bonds is 5. The summed E-state index contributed by atoms with van der Waals surface area (Å²) in [6.45, 7) is 2.65. The largest absolute Gasteiger partial charge is 0.494 e. The lowest BCUT2D eigenvalue weighted by Gasteiger charge is -2.34. The molecule has 0 spiro atoms. The van der Waals surface area contributed by atoms with Crippen LogP contribution in [-0.4, -0.2) is 17.7 Å². The zero-order valence-corrected chi connectivity index (χ0v) is 10.1. The molecule has 1 aliphatic carbocycles. The molecule has 0 amide bonds. The van der Waals surface area contributed by atoms with E-state index in [0.29, 0.717) is 24.9 Å². The van der Waals surface area contributed by atoms with Crippen LogP contribution >= 0.6 is 0 Å². The molecule has 0 aliphatic heterocycles. The quantitative estimate of drug-likeness (QED) is 0.851. The molecular weight excluding hydrogens is 216 g/mol. The lowest BCUT2D eigenvalue weighted by atomic mass is 9.70. The Kier molecular flexibility index (Phi) is 3.67. The Morgan fingerprint density at radius 3 is 2.88 bits per heavy atom. The van der Waals surface area contributed by atoms with Crippen LogP contribution in [0, 0.1) is 5.92 Å². The molecule has 0 radical (unpaired) electrons. The fraction of sp³-hybridized carbons (Fsp3) is 0.500. The van der Waals surface area contributed by atoms with Gasteiger partial charge in [0, 0.05) is 6.42 Å². The molecule has 1 saturated carbocycles. The fourth-order valence-electron chi connectivity index (χ4n) is 2.45. The molecule has 1 fully saturated rings. The Morgan fingerprint density at radius 1 is 1.47 bits per heavy atom. The topological polar surface area (TPSA) is 46.5 Å². The first-order valence-electron chi connectivity index (χ1n) is 6.13. The monoisotopic (exact) mass is 234 g/mol. The zero-order chi connectivity index (χ0) is 12.3. The molecule has 1 aromatic rings. The van der Waals surface area contributed by atoms with E-state index in [-0.39, 0.29) is 0 Å². The molecule has 3 nitrogen and oxygen atoms in total. The lowest BCUT2D eigenvalue weighted by Crippen LogP contribution is -2.24. The molecule has 0 saturated heterocycles. The van der Waals surface area contributed by atoms with E-state index in [4.69, 9.17) is 9.84 Å². The van der Waals surface area contributed by atoms with Gasteiger partial charge in [0.25, 0.3) is 0 Å². The minimum Gasteiger partial charge on any atom is -0.494 e. The Labute approximate surface area is 101 Å². The molecule has 0 bridgehead atoms. The highest BCUT2D eigenvalue weighted by molar-refractivity contribution is 5.67. The van der Waals surface area contributed by atoms with Gasteiger partial charge in [0.15, 0.2) is 0 Å². The highest BCUT2D eigenvalue weighted by atomic mass is 16.5. The predicted molar refractivity (Wildman–Crippen MR) is 65.3 cm³/mol. The summed E-state index contributed by atoms with van der Waals surface area (Å²) in [7, 11) is 0. The minimum atomic E-state index is -0.684. The normalized spacial score (nSPS) is 22.9. The van der Waals surface area contributed by atoms with E-state index >= 15 is 0 Å². The fourth-order valence-corrected chi connectivity index (χ4v) is 2.45. The molecule has 0 heterocycles. The van der Waals surface area contributed by atoms with Crippen LogP contribution in [0.15, 0.2) is 24.3 Å². The van der Waals surface area contributed by atoms with Crippen molar-refractivity contribution in [2.24, 2.45) is 5.92 Å². The summed E-state index contributed by atoms with van der Waals surface area (Å²) in [4.78, 5) is 10.6. The van der Waals surface area contributed by atoms with Crippen molar-refractivity contribution in [1.82, 2.24) is 0 Å². The molecule has 92 valence electrons. The summed E-state index contributed by atoms with van der Waals surface area (Å²) in [6.07, 6.45) is 2.28. The van der Waals surface area contributed by atoms with Gasteiger partial charge in [-0.2, -0.15) is 0 Å². The van der Waals surface area contributed by atoms with E-state index < -0.39 is 5.97 Å². The van der Waals surface area contributed by atoms with Gasteiger partial charge in [-0.3, -0.25) is 4.79 Å². The van der Waals surface area contributed by atoms with Crippen LogP contribution in [0.2, 0.25) is 0 Å². The SMILES string of the molecule is CCOc1cccc(C2CC(CC(=O)O)C2)c1. The first-order valence-corrected chi connectivity index (χ1v) is 6.13. The number of benzene rings is 1. The maximum atomic E-state index is 10.6. The van der Waals surface area contributed by atoms with Gasteiger partial charge in [-0.1, -0.05) is 12.1 Å². The van der Waals surface area contributed by atoms with Gasteiger partial charge >= 0.3 is 5.97 Å². The Balaban J connectivity index is 1.92. The van der Waals surface area contributed by atoms with Gasteiger partial charge in [-0.05, 0) is 49.3 Å². The van der Waals surface area contributed by atoms with Crippen molar-refractivity contribution in [3.05, 3.63) is 29.8 Å². The molecule has 17 heavy (non-hydrogen) atoms. The summed E-state index contributed by atoms with van der Waals surface area (Å²) in [6, 6.07) is 8.14.